The van der Waals surface area contributed by atoms with E-state index in [4.69, 9.17) is 17.3 Å². The maximum Gasteiger partial charge on any atom is 0.416 e. The molecule has 4 N–H and O–H groups in total. The first-order valence-electron chi connectivity index (χ1n) is 16.4. The minimum atomic E-state index is -4.69. The monoisotopic (exact) mass is 756 g/mol. The molecule has 3 aromatic carbocycles. The van der Waals surface area contributed by atoms with Crippen molar-refractivity contribution in [1.29, 1.82) is 0 Å². The number of nitrogens with one attached hydrogen (secondary N) is 2. The summed E-state index contributed by atoms with van der Waals surface area (Å²) >= 11 is 6.55. The van der Waals surface area contributed by atoms with Crippen molar-refractivity contribution in [1.82, 2.24) is 13.9 Å². The summed E-state index contributed by atoms with van der Waals surface area (Å²) in [5, 5.41) is 5.44. The number of rotatable bonds is 10. The highest BCUT2D eigenvalue weighted by molar-refractivity contribution is 7.90. The van der Waals surface area contributed by atoms with E-state index in [1.54, 1.807) is 25.1 Å². The summed E-state index contributed by atoms with van der Waals surface area (Å²) in [6.07, 6.45) is -2.23. The van der Waals surface area contributed by atoms with Crippen molar-refractivity contribution < 1.29 is 31.2 Å². The average Bonchev–Trinajstić information content (AvgIpc) is 3.56. The Morgan fingerprint density at radius 3 is 2.13 bits per heavy atom. The van der Waals surface area contributed by atoms with E-state index in [9.17, 15) is 31.2 Å². The van der Waals surface area contributed by atoms with Crippen LogP contribution in [0.5, 0.6) is 0 Å². The number of hydrogen-bond donors (Lipinski definition) is 3. The van der Waals surface area contributed by atoms with Crippen molar-refractivity contribution in [3.8, 4) is 0 Å². The second-order valence-electron chi connectivity index (χ2n) is 11.8. The third-order valence-electron chi connectivity index (χ3n) is 8.42. The summed E-state index contributed by atoms with van der Waals surface area (Å²) in [5.74, 6) is -1.46. The third-order valence-corrected chi connectivity index (χ3v) is 10.5. The molecule has 0 aliphatic rings. The van der Waals surface area contributed by atoms with Crippen LogP contribution >= 0.6 is 11.6 Å². The smallest absolute Gasteiger partial charge is 0.326 e. The SMILES string of the molecule is CCN(CC)CC.Cc1ccc(S(=O)(=O)n2ccc3c(Cl)c(C(=O)Nc4cc(NC(=O)c5ccc(CN)c(C(F)(F)F)c5)ccc4C)cnc32)cc1. The largest absolute Gasteiger partial charge is 0.416 e. The molecule has 15 heteroatoms. The number of carbonyl (C=O) groups is 2. The normalized spacial score (nSPS) is 11.7. The summed E-state index contributed by atoms with van der Waals surface area (Å²) in [6, 6.07) is 15.5. The number of carbonyl (C=O) groups excluding carboxylic acids is 2. The molecule has 2 heterocycles. The Kier molecular flexibility index (Phi) is 12.9. The highest BCUT2D eigenvalue weighted by Gasteiger charge is 2.33. The van der Waals surface area contributed by atoms with Gasteiger partial charge in [-0.05, 0) is 87.1 Å². The van der Waals surface area contributed by atoms with Gasteiger partial charge in [-0.2, -0.15) is 13.2 Å². The first-order chi connectivity index (χ1) is 24.5. The Hall–Kier alpha value is -4.76. The summed E-state index contributed by atoms with van der Waals surface area (Å²) in [5.41, 5.74) is 6.02. The molecule has 2 amide bonds. The van der Waals surface area contributed by atoms with E-state index in [-0.39, 0.29) is 55.6 Å². The van der Waals surface area contributed by atoms with Gasteiger partial charge in [-0.3, -0.25) is 9.59 Å². The number of fused-ring (bicyclic) bond motifs is 1. The number of aryl methyl sites for hydroxylation is 2. The fraction of sp³-hybridized carbons (Fsp3) is 0.270. The van der Waals surface area contributed by atoms with Crippen LogP contribution in [-0.2, 0) is 22.7 Å². The molecule has 0 atom stereocenters. The zero-order chi connectivity index (χ0) is 38.4. The number of pyridine rings is 1. The molecule has 10 nitrogen and oxygen atoms in total. The topological polar surface area (TPSA) is 139 Å². The number of nitrogens with two attached hydrogens (primary N) is 1. The first kappa shape index (κ1) is 40.0. The Bertz CT molecular complexity index is 2180. The van der Waals surface area contributed by atoms with E-state index in [0.717, 1.165) is 27.9 Å². The molecule has 276 valence electrons. The minimum absolute atomic E-state index is 0.0288. The second-order valence-corrected chi connectivity index (χ2v) is 14.0. The number of amides is 2. The van der Waals surface area contributed by atoms with Gasteiger partial charge in [-0.1, -0.05) is 62.2 Å². The van der Waals surface area contributed by atoms with E-state index in [1.807, 2.05) is 6.92 Å². The Balaban J connectivity index is 0.000000785. The lowest BCUT2D eigenvalue weighted by molar-refractivity contribution is -0.138. The molecular weight excluding hydrogens is 717 g/mol. The van der Waals surface area contributed by atoms with Gasteiger partial charge < -0.3 is 21.3 Å². The summed E-state index contributed by atoms with van der Waals surface area (Å²) in [4.78, 5) is 32.7. The number of hydrogen-bond acceptors (Lipinski definition) is 7. The molecule has 0 unspecified atom stereocenters. The molecular formula is C37H40ClF3N6O4S. The van der Waals surface area contributed by atoms with Gasteiger partial charge >= 0.3 is 6.18 Å². The number of anilines is 2. The number of halogens is 4. The molecule has 0 spiro atoms. The standard InChI is InChI=1S/C31H25ClF3N5O4S.C6H15N/c1-17-3-9-22(10-4-17)45(43,44)40-12-11-23-27(32)24(16-37-28(23)40)30(42)39-26-14-21(8-5-18(26)2)38-29(41)19-6-7-20(15-36)25(13-19)31(33,34)35;1-4-7(5-2)6-3/h3-14,16H,15,36H2,1-2H3,(H,38,41)(H,39,42);4-6H2,1-3H3. The van der Waals surface area contributed by atoms with Crippen molar-refractivity contribution in [2.75, 3.05) is 30.3 Å². The molecule has 2 aromatic heterocycles. The molecule has 52 heavy (non-hydrogen) atoms. The van der Waals surface area contributed by atoms with E-state index >= 15 is 0 Å². The predicted molar refractivity (Wildman–Crippen MR) is 198 cm³/mol. The Labute approximate surface area is 305 Å². The van der Waals surface area contributed by atoms with Gasteiger partial charge in [0, 0.05) is 41.3 Å². The van der Waals surface area contributed by atoms with Crippen LogP contribution in [0.25, 0.3) is 11.0 Å². The van der Waals surface area contributed by atoms with E-state index in [2.05, 4.69) is 41.3 Å². The molecule has 0 aliphatic carbocycles. The van der Waals surface area contributed by atoms with Crippen LogP contribution in [0, 0.1) is 13.8 Å². The zero-order valence-corrected chi connectivity index (χ0v) is 30.9. The minimum Gasteiger partial charge on any atom is -0.326 e. The average molecular weight is 757 g/mol. The van der Waals surface area contributed by atoms with Crippen LogP contribution in [0.15, 0.2) is 84.0 Å². The Morgan fingerprint density at radius 2 is 1.56 bits per heavy atom. The van der Waals surface area contributed by atoms with Crippen molar-refractivity contribution in [2.45, 2.75) is 52.2 Å². The van der Waals surface area contributed by atoms with Gasteiger partial charge in [-0.15, -0.1) is 0 Å². The first-order valence-corrected chi connectivity index (χ1v) is 18.2. The van der Waals surface area contributed by atoms with Crippen molar-refractivity contribution in [3.05, 3.63) is 118 Å². The molecule has 0 saturated carbocycles. The fourth-order valence-corrected chi connectivity index (χ4v) is 6.85. The molecule has 5 aromatic rings. The lowest BCUT2D eigenvalue weighted by Gasteiger charge is -2.15. The van der Waals surface area contributed by atoms with Crippen LogP contribution in [0.1, 0.15) is 63.7 Å². The zero-order valence-electron chi connectivity index (χ0n) is 29.3. The van der Waals surface area contributed by atoms with Crippen molar-refractivity contribution in [2.24, 2.45) is 5.73 Å². The highest BCUT2D eigenvalue weighted by Crippen LogP contribution is 2.33. The molecule has 0 saturated heterocycles. The van der Waals surface area contributed by atoms with E-state index < -0.39 is 33.6 Å². The van der Waals surface area contributed by atoms with Crippen LogP contribution in [0.2, 0.25) is 5.02 Å². The molecule has 0 aliphatic heterocycles. The van der Waals surface area contributed by atoms with Crippen LogP contribution < -0.4 is 16.4 Å². The predicted octanol–water partition coefficient (Wildman–Crippen LogP) is 7.87. The Morgan fingerprint density at radius 1 is 0.904 bits per heavy atom. The summed E-state index contributed by atoms with van der Waals surface area (Å²) in [6.45, 7) is 13.3. The summed E-state index contributed by atoms with van der Waals surface area (Å²) in [7, 11) is -3.99. The van der Waals surface area contributed by atoms with Gasteiger partial charge in [0.05, 0.1) is 21.0 Å². The van der Waals surface area contributed by atoms with Gasteiger partial charge in [0.2, 0.25) is 0 Å². The van der Waals surface area contributed by atoms with Gasteiger partial charge in [-0.25, -0.2) is 17.4 Å². The second kappa shape index (κ2) is 16.7. The molecule has 5 rings (SSSR count). The van der Waals surface area contributed by atoms with Crippen LogP contribution in [0.3, 0.4) is 0 Å². The molecule has 0 bridgehead atoms. The van der Waals surface area contributed by atoms with E-state index in [1.165, 1.54) is 62.2 Å². The van der Waals surface area contributed by atoms with Crippen LogP contribution in [-0.4, -0.2) is 53.7 Å². The number of benzene rings is 3. The van der Waals surface area contributed by atoms with Crippen molar-refractivity contribution in [3.63, 3.8) is 0 Å². The fourth-order valence-electron chi connectivity index (χ4n) is 5.27. The molecule has 0 fully saturated rings. The third kappa shape index (κ3) is 8.99. The van der Waals surface area contributed by atoms with Gasteiger partial charge in [0.25, 0.3) is 21.8 Å². The number of nitrogens with zero attached hydrogens (tertiary/aromatic N) is 3. The van der Waals surface area contributed by atoms with Crippen LogP contribution in [0.4, 0.5) is 24.5 Å². The van der Waals surface area contributed by atoms with Gasteiger partial charge in [0.15, 0.2) is 5.65 Å². The lowest BCUT2D eigenvalue weighted by Crippen LogP contribution is -2.21. The number of alkyl halides is 3. The van der Waals surface area contributed by atoms with E-state index in [0.29, 0.717) is 5.56 Å². The lowest BCUT2D eigenvalue weighted by atomic mass is 10.0. The number of aromatic nitrogens is 2. The van der Waals surface area contributed by atoms with Gasteiger partial charge in [0.1, 0.15) is 0 Å². The maximum absolute atomic E-state index is 13.4. The maximum atomic E-state index is 13.4. The summed E-state index contributed by atoms with van der Waals surface area (Å²) < 4.78 is 67.8. The quantitative estimate of drug-likeness (QED) is 0.132. The highest BCUT2D eigenvalue weighted by atomic mass is 35.5. The molecule has 0 radical (unpaired) electrons. The van der Waals surface area contributed by atoms with Crippen molar-refractivity contribution >= 4 is 55.8 Å².